The Kier molecular flexibility index (Phi) is 8.02. The number of hydrogen-bond acceptors (Lipinski definition) is 4. The largest absolute Gasteiger partial charge is 0.457 e. The van der Waals surface area contributed by atoms with Gasteiger partial charge < -0.3 is 4.74 Å². The van der Waals surface area contributed by atoms with Gasteiger partial charge in [-0.3, -0.25) is 14.9 Å². The van der Waals surface area contributed by atoms with Crippen molar-refractivity contribution in [1.82, 2.24) is 5.32 Å². The highest BCUT2D eigenvalue weighted by Gasteiger charge is 2.23. The predicted octanol–water partition coefficient (Wildman–Crippen LogP) is 4.85. The van der Waals surface area contributed by atoms with Crippen molar-refractivity contribution in [2.24, 2.45) is 5.92 Å². The van der Waals surface area contributed by atoms with E-state index in [0.29, 0.717) is 24.5 Å². The molecule has 1 N–H and O–H groups in total. The van der Waals surface area contributed by atoms with Crippen LogP contribution < -0.4 is 10.1 Å². The molecule has 0 spiro atoms. The average Bonchev–Trinajstić information content (AvgIpc) is 2.60. The Hall–Kier alpha value is -2.60. The quantitative estimate of drug-likeness (QED) is 0.616. The fourth-order valence-electron chi connectivity index (χ4n) is 3.04. The number of ether oxygens (including phenoxy) is 1. The van der Waals surface area contributed by atoms with Crippen molar-refractivity contribution in [3.8, 4) is 11.5 Å². The molecule has 0 bridgehead atoms. The summed E-state index contributed by atoms with van der Waals surface area (Å²) < 4.78 is 32.0. The Labute approximate surface area is 170 Å². The Morgan fingerprint density at radius 3 is 1.93 bits per heavy atom. The number of ketones is 2. The number of carbonyl (C=O) groups excluding carboxylic acids is 2. The fraction of sp³-hybridized carbons (Fsp3) is 0.391. The number of Topliss-reactive ketones (excluding diaryl/α,β-unsaturated/α-hetero) is 2. The van der Waals surface area contributed by atoms with E-state index in [-0.39, 0.29) is 23.4 Å². The molecule has 2 atom stereocenters. The van der Waals surface area contributed by atoms with Crippen LogP contribution in [0.1, 0.15) is 39.7 Å². The van der Waals surface area contributed by atoms with Gasteiger partial charge in [0, 0.05) is 18.2 Å². The van der Waals surface area contributed by atoms with Crippen LogP contribution in [0.4, 0.5) is 8.78 Å². The minimum Gasteiger partial charge on any atom is -0.457 e. The predicted molar refractivity (Wildman–Crippen MR) is 108 cm³/mol. The third-order valence-electron chi connectivity index (χ3n) is 4.53. The normalized spacial score (nSPS) is 13.2. The molecule has 2 aromatic rings. The van der Waals surface area contributed by atoms with Gasteiger partial charge in [0.05, 0.1) is 12.1 Å². The summed E-state index contributed by atoms with van der Waals surface area (Å²) in [5, 5.41) is 3.19. The molecule has 2 aromatic carbocycles. The Balaban J connectivity index is 2.06. The average molecular weight is 403 g/mol. The first kappa shape index (κ1) is 22.7. The summed E-state index contributed by atoms with van der Waals surface area (Å²) in [5.41, 5.74) is 0.877. The minimum absolute atomic E-state index is 0.0102. The number of carbonyl (C=O) groups is 2. The summed E-state index contributed by atoms with van der Waals surface area (Å²) >= 11 is 0. The monoisotopic (exact) mass is 403 g/mol. The number of halogens is 2. The van der Waals surface area contributed by atoms with E-state index in [9.17, 15) is 18.4 Å². The van der Waals surface area contributed by atoms with E-state index < -0.39 is 17.7 Å². The Morgan fingerprint density at radius 2 is 1.45 bits per heavy atom. The van der Waals surface area contributed by atoms with E-state index in [1.807, 2.05) is 13.8 Å². The molecule has 0 aliphatic carbocycles. The lowest BCUT2D eigenvalue weighted by atomic mass is 9.97. The molecular weight excluding hydrogens is 376 g/mol. The zero-order chi connectivity index (χ0) is 21.6. The van der Waals surface area contributed by atoms with Gasteiger partial charge in [-0.15, -0.1) is 0 Å². The molecule has 0 saturated carbocycles. The standard InChI is InChI=1S/C23H27F2NO3/c1-14(2)9-22(15(3)27)26-23(16(4)28)10-17-5-7-20(8-6-17)29-21-12-18(24)11-19(25)13-21/h5-8,11-14,22-23,26H,9-10H2,1-4H3/t22-,23-/m0/s1. The van der Waals surface area contributed by atoms with Gasteiger partial charge in [0.15, 0.2) is 0 Å². The Bertz CT molecular complexity index is 829. The van der Waals surface area contributed by atoms with Gasteiger partial charge in [-0.05, 0) is 50.3 Å². The van der Waals surface area contributed by atoms with Crippen LogP contribution in [-0.4, -0.2) is 23.7 Å². The molecule has 0 fully saturated rings. The number of hydrogen-bond donors (Lipinski definition) is 1. The third-order valence-corrected chi connectivity index (χ3v) is 4.53. The highest BCUT2D eigenvalue weighted by molar-refractivity contribution is 5.85. The lowest BCUT2D eigenvalue weighted by Gasteiger charge is -2.24. The van der Waals surface area contributed by atoms with Crippen LogP contribution in [-0.2, 0) is 16.0 Å². The molecule has 6 heteroatoms. The molecule has 0 aliphatic rings. The zero-order valence-corrected chi connectivity index (χ0v) is 17.2. The van der Waals surface area contributed by atoms with Crippen molar-refractivity contribution in [3.63, 3.8) is 0 Å². The first-order valence-electron chi connectivity index (χ1n) is 9.64. The summed E-state index contributed by atoms with van der Waals surface area (Å²) in [6.07, 6.45) is 1.09. The maximum absolute atomic E-state index is 13.3. The van der Waals surface area contributed by atoms with Crippen LogP contribution in [0, 0.1) is 17.6 Å². The number of nitrogens with one attached hydrogen (secondary N) is 1. The highest BCUT2D eigenvalue weighted by Crippen LogP contribution is 2.24. The SMILES string of the molecule is CC(=O)[C@H](Cc1ccc(Oc2cc(F)cc(F)c2)cc1)N[C@@H](CC(C)C)C(C)=O. The van der Waals surface area contributed by atoms with Crippen molar-refractivity contribution in [3.05, 3.63) is 59.7 Å². The van der Waals surface area contributed by atoms with Gasteiger partial charge in [0.1, 0.15) is 34.7 Å². The van der Waals surface area contributed by atoms with Crippen LogP contribution in [0.25, 0.3) is 0 Å². The zero-order valence-electron chi connectivity index (χ0n) is 17.2. The molecule has 2 rings (SSSR count). The first-order valence-corrected chi connectivity index (χ1v) is 9.64. The maximum Gasteiger partial charge on any atom is 0.147 e. The summed E-state index contributed by atoms with van der Waals surface area (Å²) in [4.78, 5) is 24.0. The Morgan fingerprint density at radius 1 is 0.897 bits per heavy atom. The van der Waals surface area contributed by atoms with Crippen LogP contribution in [0.15, 0.2) is 42.5 Å². The number of benzene rings is 2. The van der Waals surface area contributed by atoms with Crippen molar-refractivity contribution < 1.29 is 23.1 Å². The van der Waals surface area contributed by atoms with E-state index in [4.69, 9.17) is 4.74 Å². The van der Waals surface area contributed by atoms with Gasteiger partial charge in [-0.25, -0.2) is 8.78 Å². The van der Waals surface area contributed by atoms with Crippen LogP contribution in [0.3, 0.4) is 0 Å². The molecule has 0 heterocycles. The van der Waals surface area contributed by atoms with Gasteiger partial charge in [-0.2, -0.15) is 0 Å². The molecule has 156 valence electrons. The molecular formula is C23H27F2NO3. The molecule has 0 aliphatic heterocycles. The van der Waals surface area contributed by atoms with E-state index >= 15 is 0 Å². The van der Waals surface area contributed by atoms with Crippen molar-refractivity contribution in [2.75, 3.05) is 0 Å². The summed E-state index contributed by atoms with van der Waals surface area (Å²) in [7, 11) is 0. The van der Waals surface area contributed by atoms with Crippen LogP contribution in [0.2, 0.25) is 0 Å². The van der Waals surface area contributed by atoms with Crippen molar-refractivity contribution in [1.29, 1.82) is 0 Å². The van der Waals surface area contributed by atoms with Crippen LogP contribution in [0.5, 0.6) is 11.5 Å². The molecule has 4 nitrogen and oxygen atoms in total. The van der Waals surface area contributed by atoms with Gasteiger partial charge in [-0.1, -0.05) is 26.0 Å². The molecule has 0 aromatic heterocycles. The summed E-state index contributed by atoms with van der Waals surface area (Å²) in [6.45, 7) is 7.09. The second kappa shape index (κ2) is 10.3. The highest BCUT2D eigenvalue weighted by atomic mass is 19.1. The molecule has 0 saturated heterocycles. The smallest absolute Gasteiger partial charge is 0.147 e. The second-order valence-corrected chi connectivity index (χ2v) is 7.68. The lowest BCUT2D eigenvalue weighted by Crippen LogP contribution is -2.47. The van der Waals surface area contributed by atoms with Crippen LogP contribution >= 0.6 is 0 Å². The maximum atomic E-state index is 13.3. The number of rotatable bonds is 10. The third kappa shape index (κ3) is 7.38. The lowest BCUT2D eigenvalue weighted by molar-refractivity contribution is -0.121. The van der Waals surface area contributed by atoms with Gasteiger partial charge in [0.25, 0.3) is 0 Å². The molecule has 0 amide bonds. The van der Waals surface area contributed by atoms with E-state index in [2.05, 4.69) is 5.32 Å². The van der Waals surface area contributed by atoms with Crippen molar-refractivity contribution in [2.45, 2.75) is 52.6 Å². The molecule has 0 radical (unpaired) electrons. The molecule has 29 heavy (non-hydrogen) atoms. The van der Waals surface area contributed by atoms with Gasteiger partial charge >= 0.3 is 0 Å². The fourth-order valence-corrected chi connectivity index (χ4v) is 3.04. The first-order chi connectivity index (χ1) is 13.6. The van der Waals surface area contributed by atoms with E-state index in [0.717, 1.165) is 23.8 Å². The van der Waals surface area contributed by atoms with Crippen molar-refractivity contribution >= 4 is 11.6 Å². The molecule has 0 unspecified atom stereocenters. The van der Waals surface area contributed by atoms with Gasteiger partial charge in [0.2, 0.25) is 0 Å². The van der Waals surface area contributed by atoms with E-state index in [1.165, 1.54) is 13.8 Å². The summed E-state index contributed by atoms with van der Waals surface area (Å²) in [6, 6.07) is 9.05. The minimum atomic E-state index is -0.714. The van der Waals surface area contributed by atoms with E-state index in [1.54, 1.807) is 24.3 Å². The summed E-state index contributed by atoms with van der Waals surface area (Å²) in [5.74, 6) is -0.648. The topological polar surface area (TPSA) is 55.4 Å². The second-order valence-electron chi connectivity index (χ2n) is 7.68.